The van der Waals surface area contributed by atoms with Crippen LogP contribution in [0.15, 0.2) is 24.3 Å². The highest BCUT2D eigenvalue weighted by atomic mass is 32.2. The summed E-state index contributed by atoms with van der Waals surface area (Å²) >= 11 is 0. The number of para-hydroxylation sites is 1. The third-order valence-electron chi connectivity index (χ3n) is 4.60. The van der Waals surface area contributed by atoms with Crippen LogP contribution in [0.5, 0.6) is 5.75 Å². The van der Waals surface area contributed by atoms with Gasteiger partial charge in [0.1, 0.15) is 5.75 Å². The zero-order valence-corrected chi connectivity index (χ0v) is 16.0. The topological polar surface area (TPSA) is 75.7 Å². The number of likely N-dealkylation sites (tertiary alicyclic amines) is 1. The van der Waals surface area contributed by atoms with Crippen LogP contribution in [0.3, 0.4) is 0 Å². The molecule has 1 aliphatic rings. The van der Waals surface area contributed by atoms with E-state index in [1.54, 1.807) is 21.0 Å². The van der Waals surface area contributed by atoms with Crippen LogP contribution >= 0.6 is 0 Å². The van der Waals surface area contributed by atoms with Gasteiger partial charge >= 0.3 is 0 Å². The van der Waals surface area contributed by atoms with Crippen molar-refractivity contribution in [2.45, 2.75) is 38.4 Å². The highest BCUT2D eigenvalue weighted by Crippen LogP contribution is 2.21. The number of amides is 1. The second kappa shape index (κ2) is 8.67. The number of methoxy groups -OCH3 is 1. The molecule has 0 aliphatic carbocycles. The Kier molecular flexibility index (Phi) is 6.84. The summed E-state index contributed by atoms with van der Waals surface area (Å²) in [5.74, 6) is 0.930. The summed E-state index contributed by atoms with van der Waals surface area (Å²) in [6, 6.07) is 7.52. The van der Waals surface area contributed by atoms with Crippen LogP contribution in [0.1, 0.15) is 32.3 Å². The maximum Gasteiger partial charge on any atom is 0.227 e. The lowest BCUT2D eigenvalue weighted by atomic mass is 9.97. The molecule has 1 saturated heterocycles. The summed E-state index contributed by atoms with van der Waals surface area (Å²) in [7, 11) is -1.66. The quantitative estimate of drug-likeness (QED) is 0.796. The van der Waals surface area contributed by atoms with Gasteiger partial charge in [-0.1, -0.05) is 18.2 Å². The molecule has 1 amide bonds. The summed E-state index contributed by atoms with van der Waals surface area (Å²) in [6.07, 6.45) is 2.12. The van der Waals surface area contributed by atoms with E-state index in [0.717, 1.165) is 24.9 Å². The number of sulfonamides is 1. The molecule has 140 valence electrons. The normalized spacial score (nSPS) is 18.4. The van der Waals surface area contributed by atoms with Gasteiger partial charge in [-0.3, -0.25) is 4.79 Å². The van der Waals surface area contributed by atoms with E-state index in [1.807, 2.05) is 29.2 Å². The summed E-state index contributed by atoms with van der Waals surface area (Å²) in [6.45, 7) is 5.02. The molecular weight excluding hydrogens is 340 g/mol. The first-order chi connectivity index (χ1) is 11.8. The number of rotatable bonds is 7. The minimum atomic E-state index is -3.26. The molecular formula is C18H28N2O4S. The van der Waals surface area contributed by atoms with E-state index in [2.05, 4.69) is 4.72 Å². The predicted octanol–water partition coefficient (Wildman–Crippen LogP) is 1.80. The summed E-state index contributed by atoms with van der Waals surface area (Å²) in [4.78, 5) is 14.5. The van der Waals surface area contributed by atoms with Crippen molar-refractivity contribution >= 4 is 15.9 Å². The number of hydrogen-bond acceptors (Lipinski definition) is 4. The number of hydrogen-bond donors (Lipinski definition) is 1. The molecule has 1 aromatic carbocycles. The summed E-state index contributed by atoms with van der Waals surface area (Å²) in [5, 5.41) is -0.445. The van der Waals surface area contributed by atoms with Gasteiger partial charge in [0.2, 0.25) is 15.9 Å². The number of benzene rings is 1. The predicted molar refractivity (Wildman–Crippen MR) is 98.1 cm³/mol. The molecule has 0 bridgehead atoms. The van der Waals surface area contributed by atoms with Crippen molar-refractivity contribution in [1.29, 1.82) is 0 Å². The monoisotopic (exact) mass is 368 g/mol. The highest BCUT2D eigenvalue weighted by Gasteiger charge is 2.26. The van der Waals surface area contributed by atoms with Crippen molar-refractivity contribution in [3.8, 4) is 5.75 Å². The molecule has 0 radical (unpaired) electrons. The van der Waals surface area contributed by atoms with Crippen molar-refractivity contribution in [1.82, 2.24) is 9.62 Å². The van der Waals surface area contributed by atoms with Crippen LogP contribution in [0.2, 0.25) is 0 Å². The fraction of sp³-hybridized carbons (Fsp3) is 0.611. The lowest BCUT2D eigenvalue weighted by molar-refractivity contribution is -0.132. The minimum Gasteiger partial charge on any atom is -0.496 e. The lowest BCUT2D eigenvalue weighted by Gasteiger charge is -2.33. The molecule has 1 aliphatic heterocycles. The first kappa shape index (κ1) is 19.7. The number of carbonyl (C=O) groups is 1. The second-order valence-corrected chi connectivity index (χ2v) is 9.10. The van der Waals surface area contributed by atoms with Crippen molar-refractivity contribution < 1.29 is 17.9 Å². The van der Waals surface area contributed by atoms with Crippen LogP contribution < -0.4 is 9.46 Å². The van der Waals surface area contributed by atoms with Crippen LogP contribution in [0.4, 0.5) is 0 Å². The number of carbonyl (C=O) groups excluding carboxylic acids is 1. The van der Waals surface area contributed by atoms with E-state index in [0.29, 0.717) is 25.3 Å². The van der Waals surface area contributed by atoms with Crippen LogP contribution in [0.25, 0.3) is 0 Å². The first-order valence-corrected chi connectivity index (χ1v) is 10.3. The van der Waals surface area contributed by atoms with E-state index < -0.39 is 15.3 Å². The van der Waals surface area contributed by atoms with Gasteiger partial charge in [0.25, 0.3) is 0 Å². The van der Waals surface area contributed by atoms with Crippen molar-refractivity contribution in [3.63, 3.8) is 0 Å². The molecule has 0 spiro atoms. The van der Waals surface area contributed by atoms with Crippen molar-refractivity contribution in [2.24, 2.45) is 5.92 Å². The number of nitrogens with one attached hydrogen (secondary N) is 1. The van der Waals surface area contributed by atoms with E-state index in [9.17, 15) is 13.2 Å². The first-order valence-electron chi connectivity index (χ1n) is 8.71. The summed E-state index contributed by atoms with van der Waals surface area (Å²) < 4.78 is 31.8. The van der Waals surface area contributed by atoms with Gasteiger partial charge in [0.05, 0.1) is 18.8 Å². The largest absolute Gasteiger partial charge is 0.496 e. The average molecular weight is 368 g/mol. The van der Waals surface area contributed by atoms with E-state index in [1.165, 1.54) is 0 Å². The average Bonchev–Trinajstić information content (AvgIpc) is 2.60. The van der Waals surface area contributed by atoms with Crippen molar-refractivity contribution in [2.75, 3.05) is 26.7 Å². The van der Waals surface area contributed by atoms with Gasteiger partial charge in [-0.2, -0.15) is 0 Å². The second-order valence-electron chi connectivity index (χ2n) is 6.78. The molecule has 1 heterocycles. The summed E-state index contributed by atoms with van der Waals surface area (Å²) in [5.41, 5.74) is 0.873. The maximum atomic E-state index is 12.6. The number of nitrogens with zero attached hydrogens (tertiary/aromatic N) is 1. The SMILES string of the molecule is COc1ccccc1CC(=O)N1CCCC(CNS(=O)(=O)C(C)C)C1. The van der Waals surface area contributed by atoms with Crippen LogP contribution in [-0.2, 0) is 21.2 Å². The fourth-order valence-electron chi connectivity index (χ4n) is 2.98. The Labute approximate surface area is 150 Å². The smallest absolute Gasteiger partial charge is 0.227 e. The Morgan fingerprint density at radius 2 is 2.08 bits per heavy atom. The third-order valence-corrected chi connectivity index (χ3v) is 6.41. The van der Waals surface area contributed by atoms with Gasteiger partial charge in [0.15, 0.2) is 0 Å². The molecule has 1 fully saturated rings. The van der Waals surface area contributed by atoms with Gasteiger partial charge < -0.3 is 9.64 Å². The van der Waals surface area contributed by atoms with Gasteiger partial charge in [-0.15, -0.1) is 0 Å². The standard InChI is InChI=1S/C18H28N2O4S/c1-14(2)25(22,23)19-12-15-7-6-10-20(13-15)18(21)11-16-8-4-5-9-17(16)24-3/h4-5,8-9,14-15,19H,6-7,10-13H2,1-3H3. The Hall–Kier alpha value is -1.60. The molecule has 0 aromatic heterocycles. The minimum absolute atomic E-state index is 0.0564. The Balaban J connectivity index is 1.93. The number of ether oxygens (including phenoxy) is 1. The Morgan fingerprint density at radius 1 is 1.36 bits per heavy atom. The van der Waals surface area contributed by atoms with E-state index in [4.69, 9.17) is 4.74 Å². The van der Waals surface area contributed by atoms with Gasteiger partial charge in [-0.05, 0) is 38.7 Å². The van der Waals surface area contributed by atoms with Crippen LogP contribution in [-0.4, -0.2) is 51.2 Å². The third kappa shape index (κ3) is 5.44. The fourth-order valence-corrected chi connectivity index (χ4v) is 3.78. The molecule has 7 heteroatoms. The maximum absolute atomic E-state index is 12.6. The number of piperidine rings is 1. The molecule has 1 N–H and O–H groups in total. The molecule has 0 saturated carbocycles. The Bertz CT molecular complexity index is 688. The highest BCUT2D eigenvalue weighted by molar-refractivity contribution is 7.90. The molecule has 1 atom stereocenters. The Morgan fingerprint density at radius 3 is 2.76 bits per heavy atom. The molecule has 6 nitrogen and oxygen atoms in total. The molecule has 1 aromatic rings. The molecule has 2 rings (SSSR count). The molecule has 25 heavy (non-hydrogen) atoms. The molecule has 1 unspecified atom stereocenters. The van der Waals surface area contributed by atoms with Gasteiger partial charge in [0, 0.05) is 25.2 Å². The zero-order chi connectivity index (χ0) is 18.4. The lowest BCUT2D eigenvalue weighted by Crippen LogP contribution is -2.45. The zero-order valence-electron chi connectivity index (χ0n) is 15.2. The van der Waals surface area contributed by atoms with Crippen molar-refractivity contribution in [3.05, 3.63) is 29.8 Å². The van der Waals surface area contributed by atoms with Crippen LogP contribution in [0, 0.1) is 5.92 Å². The van der Waals surface area contributed by atoms with Gasteiger partial charge in [-0.25, -0.2) is 13.1 Å². The van der Waals surface area contributed by atoms with E-state index >= 15 is 0 Å². The van der Waals surface area contributed by atoms with E-state index in [-0.39, 0.29) is 11.8 Å².